The van der Waals surface area contributed by atoms with Gasteiger partial charge in [-0.2, -0.15) is 0 Å². The molecule has 0 unspecified atom stereocenters. The van der Waals surface area contributed by atoms with E-state index in [2.05, 4.69) is 5.32 Å². The summed E-state index contributed by atoms with van der Waals surface area (Å²) in [6, 6.07) is 20.3. The second-order valence-electron chi connectivity index (χ2n) is 8.90. The molecule has 0 saturated carbocycles. The summed E-state index contributed by atoms with van der Waals surface area (Å²) in [6.45, 7) is 7.07. The number of rotatable bonds is 9. The average molecular weight is 508 g/mol. The maximum Gasteiger partial charge on any atom is 0.264 e. The lowest BCUT2D eigenvalue weighted by atomic mass is 10.1. The molecule has 0 radical (unpaired) electrons. The number of carbonyl (C=O) groups excluding carboxylic acids is 2. The summed E-state index contributed by atoms with van der Waals surface area (Å²) in [5.74, 6) is -0.814. The van der Waals surface area contributed by atoms with Gasteiger partial charge in [-0.05, 0) is 63.1 Å². The van der Waals surface area contributed by atoms with Crippen LogP contribution in [0.1, 0.15) is 29.2 Å². The molecule has 0 aliphatic carbocycles. The highest BCUT2D eigenvalue weighted by molar-refractivity contribution is 7.92. The molecule has 0 aromatic heterocycles. The van der Waals surface area contributed by atoms with Crippen molar-refractivity contribution in [1.29, 1.82) is 0 Å². The minimum absolute atomic E-state index is 0.0891. The first kappa shape index (κ1) is 26.9. The van der Waals surface area contributed by atoms with Crippen LogP contribution in [0.25, 0.3) is 0 Å². The predicted octanol–water partition coefficient (Wildman–Crippen LogP) is 3.97. The van der Waals surface area contributed by atoms with Crippen LogP contribution in [-0.4, -0.2) is 44.8 Å². The Kier molecular flexibility index (Phi) is 8.53. The van der Waals surface area contributed by atoms with Gasteiger partial charge in [-0.3, -0.25) is 13.9 Å². The van der Waals surface area contributed by atoms with Gasteiger partial charge in [0.15, 0.2) is 0 Å². The van der Waals surface area contributed by atoms with E-state index in [4.69, 9.17) is 0 Å². The molecule has 3 rings (SSSR count). The highest BCUT2D eigenvalue weighted by Gasteiger charge is 2.32. The van der Waals surface area contributed by atoms with Crippen LogP contribution in [0, 0.1) is 20.8 Å². The van der Waals surface area contributed by atoms with Crippen molar-refractivity contribution in [3.63, 3.8) is 0 Å². The highest BCUT2D eigenvalue weighted by atomic mass is 32.2. The quantitative estimate of drug-likeness (QED) is 0.475. The molecule has 0 spiro atoms. The Morgan fingerprint density at radius 2 is 1.42 bits per heavy atom. The molecule has 3 aromatic carbocycles. The first-order valence-electron chi connectivity index (χ1n) is 11.8. The van der Waals surface area contributed by atoms with Gasteiger partial charge >= 0.3 is 0 Å². The van der Waals surface area contributed by atoms with E-state index in [-0.39, 0.29) is 17.3 Å². The Labute approximate surface area is 213 Å². The van der Waals surface area contributed by atoms with Gasteiger partial charge in [-0.25, -0.2) is 8.42 Å². The standard InChI is InChI=1S/C28H33N3O4S/c1-20-10-14-25(15-11-20)31(36(34,35)26-16-12-21(2)13-17-26)19-27(32)30(23(4)28(33)29-5)18-24-9-7-6-8-22(24)3/h6-17,23H,18-19H2,1-5H3,(H,29,33)/t23-/m0/s1. The van der Waals surface area contributed by atoms with Crippen LogP contribution in [0.3, 0.4) is 0 Å². The molecule has 0 saturated heterocycles. The maximum atomic E-state index is 13.7. The first-order chi connectivity index (χ1) is 17.0. The van der Waals surface area contributed by atoms with E-state index in [1.54, 1.807) is 43.3 Å². The third-order valence-electron chi connectivity index (χ3n) is 6.23. The second kappa shape index (κ2) is 11.4. The van der Waals surface area contributed by atoms with Crippen LogP contribution in [0.2, 0.25) is 0 Å². The monoisotopic (exact) mass is 507 g/mol. The van der Waals surface area contributed by atoms with E-state index < -0.39 is 28.5 Å². The molecular weight excluding hydrogens is 474 g/mol. The van der Waals surface area contributed by atoms with Gasteiger partial charge in [0.2, 0.25) is 11.8 Å². The minimum atomic E-state index is -4.06. The largest absolute Gasteiger partial charge is 0.357 e. The van der Waals surface area contributed by atoms with Gasteiger partial charge < -0.3 is 10.2 Å². The fourth-order valence-corrected chi connectivity index (χ4v) is 5.25. The summed E-state index contributed by atoms with van der Waals surface area (Å²) in [4.78, 5) is 27.8. The van der Waals surface area contributed by atoms with Crippen LogP contribution in [0.15, 0.2) is 77.7 Å². The number of carbonyl (C=O) groups is 2. The number of amides is 2. The zero-order valence-corrected chi connectivity index (χ0v) is 22.2. The van der Waals surface area contributed by atoms with E-state index >= 15 is 0 Å². The molecule has 3 aromatic rings. The molecule has 2 amide bonds. The van der Waals surface area contributed by atoms with Crippen molar-refractivity contribution in [1.82, 2.24) is 10.2 Å². The number of likely N-dealkylation sites (N-methyl/N-ethyl adjacent to an activating group) is 1. The molecule has 0 aliphatic heterocycles. The zero-order valence-electron chi connectivity index (χ0n) is 21.4. The number of aryl methyl sites for hydroxylation is 3. The maximum absolute atomic E-state index is 13.7. The molecule has 0 aliphatic rings. The van der Waals surface area contributed by atoms with E-state index in [0.29, 0.717) is 5.69 Å². The van der Waals surface area contributed by atoms with Crippen molar-refractivity contribution in [2.45, 2.75) is 45.2 Å². The fourth-order valence-electron chi connectivity index (χ4n) is 3.84. The highest BCUT2D eigenvalue weighted by Crippen LogP contribution is 2.25. The predicted molar refractivity (Wildman–Crippen MR) is 142 cm³/mol. The van der Waals surface area contributed by atoms with E-state index in [0.717, 1.165) is 26.6 Å². The Bertz CT molecular complexity index is 1320. The Morgan fingerprint density at radius 3 is 1.97 bits per heavy atom. The Balaban J connectivity index is 2.03. The van der Waals surface area contributed by atoms with Crippen molar-refractivity contribution in [3.05, 3.63) is 95.1 Å². The van der Waals surface area contributed by atoms with Crippen LogP contribution in [0.5, 0.6) is 0 Å². The topological polar surface area (TPSA) is 86.8 Å². The zero-order chi connectivity index (χ0) is 26.5. The summed E-state index contributed by atoms with van der Waals surface area (Å²) in [7, 11) is -2.55. The summed E-state index contributed by atoms with van der Waals surface area (Å²) in [5.41, 5.74) is 4.12. The number of nitrogens with zero attached hydrogens (tertiary/aromatic N) is 2. The molecule has 0 fully saturated rings. The third kappa shape index (κ3) is 6.12. The lowest BCUT2D eigenvalue weighted by Gasteiger charge is -2.32. The van der Waals surface area contributed by atoms with Gasteiger partial charge in [-0.1, -0.05) is 59.7 Å². The summed E-state index contributed by atoms with van der Waals surface area (Å²) in [5, 5.41) is 2.59. The normalized spacial score (nSPS) is 12.0. The SMILES string of the molecule is CNC(=O)[C@H](C)N(Cc1ccccc1C)C(=O)CN(c1ccc(C)cc1)S(=O)(=O)c1ccc(C)cc1. The van der Waals surface area contributed by atoms with Gasteiger partial charge in [0.25, 0.3) is 10.0 Å². The number of hydrogen-bond acceptors (Lipinski definition) is 4. The van der Waals surface area contributed by atoms with Crippen molar-refractivity contribution in [3.8, 4) is 0 Å². The molecule has 1 atom stereocenters. The number of anilines is 1. The van der Waals surface area contributed by atoms with Gasteiger partial charge in [-0.15, -0.1) is 0 Å². The van der Waals surface area contributed by atoms with Crippen molar-refractivity contribution in [2.75, 3.05) is 17.9 Å². The number of hydrogen-bond donors (Lipinski definition) is 1. The number of benzene rings is 3. The molecule has 0 bridgehead atoms. The van der Waals surface area contributed by atoms with Crippen LogP contribution in [0.4, 0.5) is 5.69 Å². The summed E-state index contributed by atoms with van der Waals surface area (Å²) >= 11 is 0. The van der Waals surface area contributed by atoms with Crippen LogP contribution >= 0.6 is 0 Å². The lowest BCUT2D eigenvalue weighted by molar-refractivity contribution is -0.139. The molecular formula is C28H33N3O4S. The van der Waals surface area contributed by atoms with E-state index in [1.807, 2.05) is 45.0 Å². The molecule has 0 heterocycles. The molecule has 36 heavy (non-hydrogen) atoms. The molecule has 8 heteroatoms. The average Bonchev–Trinajstić information content (AvgIpc) is 2.86. The van der Waals surface area contributed by atoms with Crippen LogP contribution in [-0.2, 0) is 26.2 Å². The number of nitrogens with one attached hydrogen (secondary N) is 1. The Morgan fingerprint density at radius 1 is 0.861 bits per heavy atom. The lowest BCUT2D eigenvalue weighted by Crippen LogP contribution is -2.50. The number of sulfonamides is 1. The minimum Gasteiger partial charge on any atom is -0.357 e. The van der Waals surface area contributed by atoms with Crippen LogP contribution < -0.4 is 9.62 Å². The molecule has 190 valence electrons. The second-order valence-corrected chi connectivity index (χ2v) is 10.8. The fraction of sp³-hybridized carbons (Fsp3) is 0.286. The van der Waals surface area contributed by atoms with Gasteiger partial charge in [0.1, 0.15) is 12.6 Å². The summed E-state index contributed by atoms with van der Waals surface area (Å²) < 4.78 is 28.6. The van der Waals surface area contributed by atoms with Crippen molar-refractivity contribution < 1.29 is 18.0 Å². The third-order valence-corrected chi connectivity index (χ3v) is 8.01. The van der Waals surface area contributed by atoms with Crippen molar-refractivity contribution in [2.24, 2.45) is 0 Å². The summed E-state index contributed by atoms with van der Waals surface area (Å²) in [6.07, 6.45) is 0. The van der Waals surface area contributed by atoms with Crippen molar-refractivity contribution >= 4 is 27.5 Å². The van der Waals surface area contributed by atoms with Gasteiger partial charge in [0.05, 0.1) is 10.6 Å². The molecule has 1 N–H and O–H groups in total. The smallest absolute Gasteiger partial charge is 0.264 e. The van der Waals surface area contributed by atoms with Gasteiger partial charge in [0, 0.05) is 13.6 Å². The van der Waals surface area contributed by atoms with E-state index in [9.17, 15) is 18.0 Å². The van der Waals surface area contributed by atoms with E-state index in [1.165, 1.54) is 24.1 Å². The first-order valence-corrected chi connectivity index (χ1v) is 13.2. The Hall–Kier alpha value is -3.65. The molecule has 7 nitrogen and oxygen atoms in total.